The Morgan fingerprint density at radius 1 is 0.333 bits per heavy atom. The molecule has 1 heterocycles. The molecule has 2 aliphatic carbocycles. The minimum absolute atomic E-state index is 0.476. The molecule has 264 valence electrons. The molecule has 0 radical (unpaired) electrons. The molecule has 2 aliphatic rings. The third kappa shape index (κ3) is 4.12. The fourth-order valence-electron chi connectivity index (χ4n) is 10.6. The largest absolute Gasteiger partial charge is 0.310 e. The monoisotopic (exact) mass is 739 g/mol. The van der Waals surface area contributed by atoms with Crippen molar-refractivity contribution in [2.75, 3.05) is 4.90 Å². The summed E-state index contributed by atoms with van der Waals surface area (Å²) in [5.74, 6) is 0. The number of anilines is 3. The molecule has 1 nitrogen and oxygen atoms in total. The minimum Gasteiger partial charge on any atom is -0.310 e. The molecule has 0 saturated carbocycles. The van der Waals surface area contributed by atoms with Gasteiger partial charge in [0.1, 0.15) is 0 Å². The normalized spacial score (nSPS) is 13.4. The molecule has 0 aliphatic heterocycles. The highest BCUT2D eigenvalue weighted by molar-refractivity contribution is 7.25. The maximum Gasteiger partial charge on any atom is 0.0731 e. The molecule has 1 spiro atoms. The number of rotatable bonds is 3. The van der Waals surface area contributed by atoms with Crippen molar-refractivity contribution < 1.29 is 0 Å². The molecule has 0 amide bonds. The van der Waals surface area contributed by atoms with Crippen molar-refractivity contribution in [2.45, 2.75) is 5.41 Å². The van der Waals surface area contributed by atoms with Crippen LogP contribution < -0.4 is 4.90 Å². The van der Waals surface area contributed by atoms with Crippen molar-refractivity contribution in [3.8, 4) is 22.3 Å². The van der Waals surface area contributed by atoms with Crippen molar-refractivity contribution >= 4 is 80.9 Å². The highest BCUT2D eigenvalue weighted by atomic mass is 32.1. The Kier molecular flexibility index (Phi) is 6.31. The van der Waals surface area contributed by atoms with Crippen LogP contribution >= 0.6 is 11.3 Å². The van der Waals surface area contributed by atoms with E-state index in [1.54, 1.807) is 0 Å². The number of thiophene rings is 1. The van der Waals surface area contributed by atoms with Crippen molar-refractivity contribution in [1.82, 2.24) is 0 Å². The van der Waals surface area contributed by atoms with Gasteiger partial charge in [0.25, 0.3) is 0 Å². The Bertz CT molecular complexity index is 3440. The molecule has 0 saturated heterocycles. The second-order valence-corrected chi connectivity index (χ2v) is 16.6. The Balaban J connectivity index is 1.12. The van der Waals surface area contributed by atoms with Crippen LogP contribution in [0.5, 0.6) is 0 Å². The molecule has 10 aromatic carbocycles. The van der Waals surface area contributed by atoms with Crippen LogP contribution in [0.15, 0.2) is 200 Å². The van der Waals surface area contributed by atoms with Crippen LogP contribution in [0.25, 0.3) is 74.7 Å². The van der Waals surface area contributed by atoms with Gasteiger partial charge in [-0.05, 0) is 137 Å². The van der Waals surface area contributed by atoms with Crippen molar-refractivity contribution in [1.29, 1.82) is 0 Å². The van der Waals surface area contributed by atoms with Gasteiger partial charge in [0.05, 0.1) is 5.41 Å². The second kappa shape index (κ2) is 11.5. The van der Waals surface area contributed by atoms with E-state index in [1.165, 1.54) is 97.0 Å². The Morgan fingerprint density at radius 3 is 1.68 bits per heavy atom. The standard InChI is InChI=1S/C55H33NS/c1-2-14-36(15-3-1)56(38-28-29-52-46(33-38)43-20-10-13-25-51(43)57-52)37-27-26-34-31-47-50(32-35(34)30-37)55(48-23-11-8-18-41(48)42-19-9-12-24-49(42)55)54-45-22-7-5-17-40(45)39-16-4-6-21-44(39)53(47)54/h1-33H. The molecular formula is C55H33NS. The van der Waals surface area contributed by atoms with E-state index < -0.39 is 5.41 Å². The molecule has 57 heavy (non-hydrogen) atoms. The number of hydrogen-bond donors (Lipinski definition) is 0. The predicted molar refractivity (Wildman–Crippen MR) is 243 cm³/mol. The van der Waals surface area contributed by atoms with E-state index >= 15 is 0 Å². The molecule has 0 N–H and O–H groups in total. The zero-order chi connectivity index (χ0) is 37.2. The first-order valence-electron chi connectivity index (χ1n) is 19.8. The quantitative estimate of drug-likeness (QED) is 0.163. The number of fused-ring (bicyclic) bond motifs is 19. The predicted octanol–water partition coefficient (Wildman–Crippen LogP) is 15.3. The second-order valence-electron chi connectivity index (χ2n) is 15.6. The first-order valence-corrected chi connectivity index (χ1v) is 20.6. The Morgan fingerprint density at radius 2 is 0.912 bits per heavy atom. The highest BCUT2D eigenvalue weighted by Crippen LogP contribution is 2.65. The van der Waals surface area contributed by atoms with Crippen LogP contribution in [0.2, 0.25) is 0 Å². The average molecular weight is 740 g/mol. The maximum atomic E-state index is 2.54. The summed E-state index contributed by atoms with van der Waals surface area (Å²) in [6.07, 6.45) is 0. The van der Waals surface area contributed by atoms with Gasteiger partial charge in [-0.2, -0.15) is 0 Å². The lowest BCUT2D eigenvalue weighted by Gasteiger charge is -2.32. The number of benzene rings is 10. The lowest BCUT2D eigenvalue weighted by molar-refractivity contribution is 0.803. The van der Waals surface area contributed by atoms with Crippen molar-refractivity contribution in [3.63, 3.8) is 0 Å². The van der Waals surface area contributed by atoms with E-state index in [2.05, 4.69) is 205 Å². The van der Waals surface area contributed by atoms with Gasteiger partial charge in [-0.25, -0.2) is 0 Å². The minimum atomic E-state index is -0.476. The van der Waals surface area contributed by atoms with Gasteiger partial charge in [-0.3, -0.25) is 0 Å². The van der Waals surface area contributed by atoms with Crippen molar-refractivity contribution in [3.05, 3.63) is 222 Å². The van der Waals surface area contributed by atoms with Gasteiger partial charge in [-0.15, -0.1) is 11.3 Å². The summed E-state index contributed by atoms with van der Waals surface area (Å²) in [6.45, 7) is 0. The van der Waals surface area contributed by atoms with E-state index in [-0.39, 0.29) is 0 Å². The molecule has 0 fully saturated rings. The van der Waals surface area contributed by atoms with Crippen LogP contribution in [0.3, 0.4) is 0 Å². The van der Waals surface area contributed by atoms with E-state index in [1.807, 2.05) is 11.3 Å². The summed E-state index contributed by atoms with van der Waals surface area (Å²) >= 11 is 1.86. The van der Waals surface area contributed by atoms with Crippen LogP contribution in [-0.4, -0.2) is 0 Å². The summed E-state index contributed by atoms with van der Waals surface area (Å²) in [4.78, 5) is 2.42. The molecule has 2 heteroatoms. The SMILES string of the molecule is c1ccc(N(c2ccc3cc4c(cc3c2)C2(c3ccccc3-c3ccccc32)c2c-4c3ccccc3c3ccccc23)c2ccc3sc4ccccc4c3c2)cc1. The molecule has 0 unspecified atom stereocenters. The summed E-state index contributed by atoms with van der Waals surface area (Å²) in [7, 11) is 0. The smallest absolute Gasteiger partial charge is 0.0731 e. The molecule has 1 aromatic heterocycles. The van der Waals surface area contributed by atoms with Crippen LogP contribution in [0, 0.1) is 0 Å². The summed E-state index contributed by atoms with van der Waals surface area (Å²) in [5, 5.41) is 10.3. The number of para-hydroxylation sites is 1. The van der Waals surface area contributed by atoms with Crippen LogP contribution in [-0.2, 0) is 5.41 Å². The Hall–Kier alpha value is -7.00. The fourth-order valence-corrected chi connectivity index (χ4v) is 11.6. The maximum absolute atomic E-state index is 2.54. The van der Waals surface area contributed by atoms with Gasteiger partial charge < -0.3 is 4.90 Å². The van der Waals surface area contributed by atoms with E-state index in [0.29, 0.717) is 0 Å². The zero-order valence-corrected chi connectivity index (χ0v) is 31.7. The van der Waals surface area contributed by atoms with Gasteiger partial charge in [0, 0.05) is 37.2 Å². The lowest BCUT2D eigenvalue weighted by Crippen LogP contribution is -2.26. The first-order chi connectivity index (χ1) is 28.3. The topological polar surface area (TPSA) is 3.24 Å². The first kappa shape index (κ1) is 31.2. The summed E-state index contributed by atoms with van der Waals surface area (Å²) in [6, 6.07) is 75.1. The average Bonchev–Trinajstić information content (AvgIpc) is 3.90. The third-order valence-electron chi connectivity index (χ3n) is 12.8. The van der Waals surface area contributed by atoms with Crippen LogP contribution in [0.4, 0.5) is 17.1 Å². The molecule has 11 aromatic rings. The fraction of sp³-hybridized carbons (Fsp3) is 0.0182. The molecular weight excluding hydrogens is 707 g/mol. The van der Waals surface area contributed by atoms with Gasteiger partial charge in [0.2, 0.25) is 0 Å². The van der Waals surface area contributed by atoms with Gasteiger partial charge >= 0.3 is 0 Å². The van der Waals surface area contributed by atoms with E-state index in [0.717, 1.165) is 17.1 Å². The molecule has 0 atom stereocenters. The Labute approximate surface area is 334 Å². The summed E-state index contributed by atoms with van der Waals surface area (Å²) < 4.78 is 2.63. The van der Waals surface area contributed by atoms with Gasteiger partial charge in [0.15, 0.2) is 0 Å². The van der Waals surface area contributed by atoms with Gasteiger partial charge in [-0.1, -0.05) is 140 Å². The number of hydrogen-bond acceptors (Lipinski definition) is 2. The molecule has 13 rings (SSSR count). The summed E-state index contributed by atoms with van der Waals surface area (Å²) in [5.41, 5.74) is 13.8. The lowest BCUT2D eigenvalue weighted by atomic mass is 9.69. The van der Waals surface area contributed by atoms with E-state index in [4.69, 9.17) is 0 Å². The molecule has 0 bridgehead atoms. The van der Waals surface area contributed by atoms with Crippen molar-refractivity contribution in [2.24, 2.45) is 0 Å². The number of nitrogens with zero attached hydrogens (tertiary/aromatic N) is 1. The van der Waals surface area contributed by atoms with E-state index in [9.17, 15) is 0 Å². The zero-order valence-electron chi connectivity index (χ0n) is 30.9. The highest BCUT2D eigenvalue weighted by Gasteiger charge is 2.53. The van der Waals surface area contributed by atoms with Crippen LogP contribution in [0.1, 0.15) is 22.3 Å². The third-order valence-corrected chi connectivity index (χ3v) is 13.9.